The Hall–Kier alpha value is -3.00. The molecule has 0 radical (unpaired) electrons. The molecule has 0 saturated carbocycles. The van der Waals surface area contributed by atoms with Gasteiger partial charge in [-0.25, -0.2) is 4.79 Å². The molecule has 2 aromatic rings. The number of ether oxygens (including phenoxy) is 1. The second kappa shape index (κ2) is 7.56. The molecule has 0 saturated heterocycles. The molecule has 0 aliphatic heterocycles. The van der Waals surface area contributed by atoms with Gasteiger partial charge in [-0.2, -0.15) is 5.26 Å². The highest BCUT2D eigenvalue weighted by Crippen LogP contribution is 2.13. The first-order chi connectivity index (χ1) is 10.3. The molecule has 0 aliphatic carbocycles. The van der Waals surface area contributed by atoms with Crippen LogP contribution in [0.4, 0.5) is 10.5 Å². The predicted octanol–water partition coefficient (Wildman–Crippen LogP) is 2.76. The van der Waals surface area contributed by atoms with Gasteiger partial charge in [0, 0.05) is 0 Å². The van der Waals surface area contributed by atoms with E-state index in [0.717, 1.165) is 5.75 Å². The van der Waals surface area contributed by atoms with Gasteiger partial charge in [0.05, 0.1) is 17.8 Å². The van der Waals surface area contributed by atoms with Gasteiger partial charge in [-0.3, -0.25) is 0 Å². The lowest BCUT2D eigenvalue weighted by atomic mass is 10.2. The third kappa shape index (κ3) is 4.55. The summed E-state index contributed by atoms with van der Waals surface area (Å²) in [5, 5.41) is 14.2. The van der Waals surface area contributed by atoms with E-state index in [9.17, 15) is 4.79 Å². The summed E-state index contributed by atoms with van der Waals surface area (Å²) in [5.41, 5.74) is 0.912. The fourth-order valence-corrected chi connectivity index (χ4v) is 1.71. The van der Waals surface area contributed by atoms with Crippen molar-refractivity contribution < 1.29 is 9.53 Å². The third-order valence-electron chi connectivity index (χ3n) is 2.70. The molecule has 106 valence electrons. The van der Waals surface area contributed by atoms with Crippen LogP contribution in [0.25, 0.3) is 0 Å². The Balaban J connectivity index is 1.74. The molecule has 0 aliphatic rings. The van der Waals surface area contributed by atoms with E-state index >= 15 is 0 Å². The number of para-hydroxylation sites is 2. The van der Waals surface area contributed by atoms with E-state index in [-0.39, 0.29) is 6.03 Å². The van der Waals surface area contributed by atoms with Crippen LogP contribution >= 0.6 is 0 Å². The van der Waals surface area contributed by atoms with E-state index in [1.807, 2.05) is 36.4 Å². The fraction of sp³-hybridized carbons (Fsp3) is 0.125. The van der Waals surface area contributed by atoms with Gasteiger partial charge < -0.3 is 15.4 Å². The smallest absolute Gasteiger partial charge is 0.319 e. The summed E-state index contributed by atoms with van der Waals surface area (Å²) in [6.07, 6.45) is 0. The monoisotopic (exact) mass is 281 g/mol. The normalized spacial score (nSPS) is 9.48. The van der Waals surface area contributed by atoms with Crippen molar-refractivity contribution in [3.8, 4) is 11.8 Å². The molecule has 5 nitrogen and oxygen atoms in total. The predicted molar refractivity (Wildman–Crippen MR) is 80.1 cm³/mol. The lowest BCUT2D eigenvalue weighted by molar-refractivity contribution is 0.247. The number of nitrogens with one attached hydrogen (secondary N) is 2. The Kier molecular flexibility index (Phi) is 5.18. The molecule has 2 amide bonds. The number of anilines is 1. The SMILES string of the molecule is N#Cc1ccccc1NC(=O)NCCOc1ccccc1. The Labute approximate surface area is 123 Å². The highest BCUT2D eigenvalue weighted by Gasteiger charge is 2.05. The Morgan fingerprint density at radius 3 is 2.57 bits per heavy atom. The lowest BCUT2D eigenvalue weighted by Crippen LogP contribution is -2.32. The average Bonchev–Trinajstić information content (AvgIpc) is 2.53. The van der Waals surface area contributed by atoms with Gasteiger partial charge >= 0.3 is 6.03 Å². The Bertz CT molecular complexity index is 635. The first-order valence-corrected chi connectivity index (χ1v) is 6.51. The van der Waals surface area contributed by atoms with E-state index in [1.54, 1.807) is 24.3 Å². The molecule has 0 aromatic heterocycles. The Morgan fingerprint density at radius 1 is 1.10 bits per heavy atom. The second-order valence-corrected chi connectivity index (χ2v) is 4.20. The summed E-state index contributed by atoms with van der Waals surface area (Å²) in [4.78, 5) is 11.7. The van der Waals surface area contributed by atoms with Gasteiger partial charge in [-0.15, -0.1) is 0 Å². The van der Waals surface area contributed by atoms with E-state index < -0.39 is 0 Å². The molecular weight excluding hydrogens is 266 g/mol. The lowest BCUT2D eigenvalue weighted by Gasteiger charge is -2.09. The van der Waals surface area contributed by atoms with Gasteiger partial charge in [0.2, 0.25) is 0 Å². The number of nitrogens with zero attached hydrogens (tertiary/aromatic N) is 1. The van der Waals surface area contributed by atoms with E-state index in [1.165, 1.54) is 0 Å². The molecule has 2 N–H and O–H groups in total. The molecule has 5 heteroatoms. The quantitative estimate of drug-likeness (QED) is 0.827. The number of carbonyl (C=O) groups is 1. The first-order valence-electron chi connectivity index (χ1n) is 6.51. The van der Waals surface area contributed by atoms with Crippen LogP contribution in [-0.2, 0) is 0 Å². The zero-order valence-corrected chi connectivity index (χ0v) is 11.4. The van der Waals surface area contributed by atoms with E-state index in [0.29, 0.717) is 24.4 Å². The van der Waals surface area contributed by atoms with Gasteiger partial charge in [0.15, 0.2) is 0 Å². The summed E-state index contributed by atoms with van der Waals surface area (Å²) < 4.78 is 5.46. The minimum absolute atomic E-state index is 0.366. The van der Waals surface area contributed by atoms with Gasteiger partial charge in [-0.1, -0.05) is 30.3 Å². The number of carbonyl (C=O) groups excluding carboxylic acids is 1. The Morgan fingerprint density at radius 2 is 1.81 bits per heavy atom. The van der Waals surface area contributed by atoms with E-state index in [4.69, 9.17) is 10.00 Å². The summed E-state index contributed by atoms with van der Waals surface area (Å²) in [6, 6.07) is 17.9. The minimum atomic E-state index is -0.366. The van der Waals surface area contributed by atoms with E-state index in [2.05, 4.69) is 10.6 Å². The standard InChI is InChI=1S/C16H15N3O2/c17-12-13-6-4-5-9-15(13)19-16(20)18-10-11-21-14-7-2-1-3-8-14/h1-9H,10-11H2,(H2,18,19,20). The molecular formula is C16H15N3O2. The number of urea groups is 1. The first kappa shape index (κ1) is 14.4. The van der Waals surface area contributed by atoms with Crippen molar-refractivity contribution in [3.05, 3.63) is 60.2 Å². The maximum atomic E-state index is 11.7. The van der Waals surface area contributed by atoms with Crippen LogP contribution in [-0.4, -0.2) is 19.2 Å². The number of nitriles is 1. The summed E-state index contributed by atoms with van der Waals surface area (Å²) in [5.74, 6) is 0.759. The minimum Gasteiger partial charge on any atom is -0.492 e. The molecule has 2 aromatic carbocycles. The van der Waals surface area contributed by atoms with Crippen LogP contribution in [0.2, 0.25) is 0 Å². The molecule has 2 rings (SSSR count). The van der Waals surface area contributed by atoms with Gasteiger partial charge in [0.1, 0.15) is 18.4 Å². The average molecular weight is 281 g/mol. The molecule has 0 spiro atoms. The van der Waals surface area contributed by atoms with Crippen LogP contribution in [0, 0.1) is 11.3 Å². The van der Waals surface area contributed by atoms with Crippen LogP contribution in [0.3, 0.4) is 0 Å². The molecule has 0 heterocycles. The number of amides is 2. The largest absolute Gasteiger partial charge is 0.492 e. The van der Waals surface area contributed by atoms with Crippen molar-refractivity contribution in [1.29, 1.82) is 5.26 Å². The highest BCUT2D eigenvalue weighted by molar-refractivity contribution is 5.90. The number of rotatable bonds is 5. The van der Waals surface area contributed by atoms with Crippen molar-refractivity contribution in [3.63, 3.8) is 0 Å². The number of hydrogen-bond donors (Lipinski definition) is 2. The zero-order valence-electron chi connectivity index (χ0n) is 11.4. The maximum absolute atomic E-state index is 11.7. The van der Waals surface area contributed by atoms with Crippen LogP contribution in [0.5, 0.6) is 5.75 Å². The second-order valence-electron chi connectivity index (χ2n) is 4.20. The van der Waals surface area contributed by atoms with Crippen LogP contribution in [0.1, 0.15) is 5.56 Å². The van der Waals surface area contributed by atoms with Crippen LogP contribution < -0.4 is 15.4 Å². The maximum Gasteiger partial charge on any atom is 0.319 e. The number of hydrogen-bond acceptors (Lipinski definition) is 3. The van der Waals surface area contributed by atoms with Crippen molar-refractivity contribution >= 4 is 11.7 Å². The number of benzene rings is 2. The molecule has 0 bridgehead atoms. The van der Waals surface area contributed by atoms with Gasteiger partial charge in [0.25, 0.3) is 0 Å². The summed E-state index contributed by atoms with van der Waals surface area (Å²) >= 11 is 0. The fourth-order valence-electron chi connectivity index (χ4n) is 1.71. The van der Waals surface area contributed by atoms with Crippen molar-refractivity contribution in [2.45, 2.75) is 0 Å². The third-order valence-corrected chi connectivity index (χ3v) is 2.70. The molecule has 21 heavy (non-hydrogen) atoms. The highest BCUT2D eigenvalue weighted by atomic mass is 16.5. The zero-order chi connectivity index (χ0) is 14.9. The summed E-state index contributed by atoms with van der Waals surface area (Å²) in [6.45, 7) is 0.743. The molecule has 0 unspecified atom stereocenters. The van der Waals surface area contributed by atoms with Gasteiger partial charge in [-0.05, 0) is 24.3 Å². The van der Waals surface area contributed by atoms with Crippen LogP contribution in [0.15, 0.2) is 54.6 Å². The summed E-state index contributed by atoms with van der Waals surface area (Å²) in [7, 11) is 0. The topological polar surface area (TPSA) is 74.2 Å². The molecule has 0 atom stereocenters. The van der Waals surface area contributed by atoms with Crippen molar-refractivity contribution in [1.82, 2.24) is 5.32 Å². The van der Waals surface area contributed by atoms with Crippen molar-refractivity contribution in [2.24, 2.45) is 0 Å². The van der Waals surface area contributed by atoms with Crippen molar-refractivity contribution in [2.75, 3.05) is 18.5 Å². The molecule has 0 fully saturated rings.